The molecule has 1 rings (SSSR count). The summed E-state index contributed by atoms with van der Waals surface area (Å²) in [6, 6.07) is 0.00123. The van der Waals surface area contributed by atoms with Crippen molar-refractivity contribution < 1.29 is 14.3 Å². The summed E-state index contributed by atoms with van der Waals surface area (Å²) >= 11 is 0. The Balaban J connectivity index is 2.23. The number of carbonyl (C=O) groups excluding carboxylic acids is 2. The van der Waals surface area contributed by atoms with E-state index in [0.29, 0.717) is 19.1 Å². The molecule has 3 amide bonds. The van der Waals surface area contributed by atoms with E-state index < -0.39 is 0 Å². The molecule has 6 heteroatoms. The van der Waals surface area contributed by atoms with Crippen LogP contribution in [0.2, 0.25) is 0 Å². The summed E-state index contributed by atoms with van der Waals surface area (Å²) in [5.41, 5.74) is -0.207. The predicted octanol–water partition coefficient (Wildman–Crippen LogP) is 1.36. The summed E-state index contributed by atoms with van der Waals surface area (Å²) in [7, 11) is 0. The Labute approximate surface area is 127 Å². The van der Waals surface area contributed by atoms with Crippen molar-refractivity contribution in [1.29, 1.82) is 0 Å². The summed E-state index contributed by atoms with van der Waals surface area (Å²) in [6.07, 6.45) is 1.85. The van der Waals surface area contributed by atoms with Crippen molar-refractivity contribution in [2.75, 3.05) is 32.8 Å². The second-order valence-electron chi connectivity index (χ2n) is 6.55. The molecule has 1 saturated heterocycles. The molecule has 0 bridgehead atoms. The highest BCUT2D eigenvalue weighted by Gasteiger charge is 2.25. The molecule has 0 aromatic heterocycles. The first-order chi connectivity index (χ1) is 9.81. The lowest BCUT2D eigenvalue weighted by Crippen LogP contribution is -2.51. The number of hydrogen-bond donors (Lipinski definition) is 2. The summed E-state index contributed by atoms with van der Waals surface area (Å²) in [6.45, 7) is 10.6. The second-order valence-corrected chi connectivity index (χ2v) is 6.55. The summed E-state index contributed by atoms with van der Waals surface area (Å²) in [5, 5.41) is 5.86. The standard InChI is InChI=1S/C15H29N3O3/c1-5-21-11-13(19)16-10-12-6-8-18(9-7-12)14(20)17-15(2,3)4/h12H,5-11H2,1-4H3,(H,16,19)(H,17,20). The molecule has 122 valence electrons. The van der Waals surface area contributed by atoms with Gasteiger partial charge in [0.1, 0.15) is 6.61 Å². The molecule has 0 aromatic rings. The van der Waals surface area contributed by atoms with Crippen LogP contribution in [0.1, 0.15) is 40.5 Å². The number of hydrogen-bond acceptors (Lipinski definition) is 3. The molecule has 21 heavy (non-hydrogen) atoms. The van der Waals surface area contributed by atoms with E-state index in [4.69, 9.17) is 4.74 Å². The number of carbonyl (C=O) groups is 2. The van der Waals surface area contributed by atoms with Crippen LogP contribution in [0.3, 0.4) is 0 Å². The lowest BCUT2D eigenvalue weighted by atomic mass is 9.97. The fraction of sp³-hybridized carbons (Fsp3) is 0.867. The zero-order valence-corrected chi connectivity index (χ0v) is 13.7. The Morgan fingerprint density at radius 1 is 1.24 bits per heavy atom. The van der Waals surface area contributed by atoms with E-state index in [9.17, 15) is 9.59 Å². The van der Waals surface area contributed by atoms with Gasteiger partial charge in [-0.3, -0.25) is 4.79 Å². The smallest absolute Gasteiger partial charge is 0.317 e. The lowest BCUT2D eigenvalue weighted by Gasteiger charge is -2.34. The molecule has 1 heterocycles. The maximum atomic E-state index is 12.0. The molecule has 0 radical (unpaired) electrons. The molecule has 0 aliphatic carbocycles. The third-order valence-corrected chi connectivity index (χ3v) is 3.41. The normalized spacial score (nSPS) is 16.7. The Morgan fingerprint density at radius 3 is 2.38 bits per heavy atom. The Hall–Kier alpha value is -1.30. The molecule has 1 aliphatic rings. The first-order valence-electron chi connectivity index (χ1n) is 7.73. The van der Waals surface area contributed by atoms with Gasteiger partial charge in [-0.1, -0.05) is 0 Å². The van der Waals surface area contributed by atoms with Crippen LogP contribution in [0.4, 0.5) is 4.79 Å². The summed E-state index contributed by atoms with van der Waals surface area (Å²) < 4.78 is 5.06. The number of ether oxygens (including phenoxy) is 1. The molecule has 1 aliphatic heterocycles. The van der Waals surface area contributed by atoms with Gasteiger partial charge in [0.05, 0.1) is 0 Å². The molecule has 0 unspecified atom stereocenters. The van der Waals surface area contributed by atoms with E-state index in [2.05, 4.69) is 10.6 Å². The minimum atomic E-state index is -0.207. The van der Waals surface area contributed by atoms with Gasteiger partial charge >= 0.3 is 6.03 Å². The number of urea groups is 1. The van der Waals surface area contributed by atoms with Crippen LogP contribution in [0, 0.1) is 5.92 Å². The number of nitrogens with zero attached hydrogens (tertiary/aromatic N) is 1. The highest BCUT2D eigenvalue weighted by atomic mass is 16.5. The SMILES string of the molecule is CCOCC(=O)NCC1CCN(C(=O)NC(C)(C)C)CC1. The van der Waals surface area contributed by atoms with Crippen LogP contribution in [0.25, 0.3) is 0 Å². The number of rotatable bonds is 5. The molecular weight excluding hydrogens is 270 g/mol. The molecule has 0 spiro atoms. The van der Waals surface area contributed by atoms with Gasteiger partial charge in [-0.15, -0.1) is 0 Å². The van der Waals surface area contributed by atoms with Gasteiger partial charge < -0.3 is 20.3 Å². The fourth-order valence-electron chi connectivity index (χ4n) is 2.24. The predicted molar refractivity (Wildman–Crippen MR) is 82.1 cm³/mol. The van der Waals surface area contributed by atoms with Gasteiger partial charge in [-0.05, 0) is 46.5 Å². The lowest BCUT2D eigenvalue weighted by molar-refractivity contribution is -0.125. The van der Waals surface area contributed by atoms with E-state index in [1.165, 1.54) is 0 Å². The molecule has 6 nitrogen and oxygen atoms in total. The van der Waals surface area contributed by atoms with Crippen LogP contribution in [0.15, 0.2) is 0 Å². The minimum absolute atomic E-state index is 0.00123. The van der Waals surface area contributed by atoms with E-state index >= 15 is 0 Å². The molecule has 0 aromatic carbocycles. The molecule has 0 saturated carbocycles. The maximum Gasteiger partial charge on any atom is 0.317 e. The number of likely N-dealkylation sites (tertiary alicyclic amines) is 1. The Kier molecular flexibility index (Phi) is 6.95. The van der Waals surface area contributed by atoms with E-state index in [1.54, 1.807) is 0 Å². The number of piperidine rings is 1. The monoisotopic (exact) mass is 299 g/mol. The first kappa shape index (κ1) is 17.8. The third kappa shape index (κ3) is 7.32. The largest absolute Gasteiger partial charge is 0.372 e. The Morgan fingerprint density at radius 2 is 1.86 bits per heavy atom. The van der Waals surface area contributed by atoms with E-state index in [1.807, 2.05) is 32.6 Å². The minimum Gasteiger partial charge on any atom is -0.372 e. The summed E-state index contributed by atoms with van der Waals surface area (Å²) in [5.74, 6) is 0.374. The van der Waals surface area contributed by atoms with Gasteiger partial charge in [-0.2, -0.15) is 0 Å². The van der Waals surface area contributed by atoms with Gasteiger partial charge in [0.2, 0.25) is 5.91 Å². The van der Waals surface area contributed by atoms with Crippen molar-refractivity contribution >= 4 is 11.9 Å². The highest BCUT2D eigenvalue weighted by molar-refractivity contribution is 5.77. The van der Waals surface area contributed by atoms with Crippen molar-refractivity contribution in [3.63, 3.8) is 0 Å². The van der Waals surface area contributed by atoms with Crippen molar-refractivity contribution in [2.45, 2.75) is 46.1 Å². The van der Waals surface area contributed by atoms with Gasteiger partial charge in [-0.25, -0.2) is 4.79 Å². The first-order valence-corrected chi connectivity index (χ1v) is 7.73. The Bertz CT molecular complexity index is 345. The van der Waals surface area contributed by atoms with Crippen LogP contribution >= 0.6 is 0 Å². The highest BCUT2D eigenvalue weighted by Crippen LogP contribution is 2.17. The molecule has 0 atom stereocenters. The average molecular weight is 299 g/mol. The molecule has 2 N–H and O–H groups in total. The zero-order valence-electron chi connectivity index (χ0n) is 13.7. The van der Waals surface area contributed by atoms with E-state index in [0.717, 1.165) is 25.9 Å². The van der Waals surface area contributed by atoms with Crippen molar-refractivity contribution in [2.24, 2.45) is 5.92 Å². The topological polar surface area (TPSA) is 70.7 Å². The van der Waals surface area contributed by atoms with E-state index in [-0.39, 0.29) is 24.1 Å². The van der Waals surface area contributed by atoms with Crippen molar-refractivity contribution in [3.05, 3.63) is 0 Å². The number of nitrogens with one attached hydrogen (secondary N) is 2. The van der Waals surface area contributed by atoms with Crippen molar-refractivity contribution in [3.8, 4) is 0 Å². The zero-order chi connectivity index (χ0) is 15.9. The van der Waals surface area contributed by atoms with Crippen LogP contribution in [-0.2, 0) is 9.53 Å². The van der Waals surface area contributed by atoms with Gasteiger partial charge in [0, 0.05) is 31.8 Å². The van der Waals surface area contributed by atoms with Crippen molar-refractivity contribution in [1.82, 2.24) is 15.5 Å². The molecule has 1 fully saturated rings. The van der Waals surface area contributed by atoms with Gasteiger partial charge in [0.15, 0.2) is 0 Å². The third-order valence-electron chi connectivity index (χ3n) is 3.41. The van der Waals surface area contributed by atoms with Crippen LogP contribution in [0.5, 0.6) is 0 Å². The van der Waals surface area contributed by atoms with Gasteiger partial charge in [0.25, 0.3) is 0 Å². The van der Waals surface area contributed by atoms with Crippen LogP contribution < -0.4 is 10.6 Å². The fourth-order valence-corrected chi connectivity index (χ4v) is 2.24. The maximum absolute atomic E-state index is 12.0. The average Bonchev–Trinajstić information content (AvgIpc) is 2.41. The quantitative estimate of drug-likeness (QED) is 0.805. The second kappa shape index (κ2) is 8.22. The van der Waals surface area contributed by atoms with Crippen LogP contribution in [-0.4, -0.2) is 55.2 Å². The molecular formula is C15H29N3O3. The summed E-state index contributed by atoms with van der Waals surface area (Å²) in [4.78, 5) is 25.3. The number of amides is 3.